The smallest absolute Gasteiger partial charge is 0.135 e. The summed E-state index contributed by atoms with van der Waals surface area (Å²) in [5.74, 6) is 0. The fourth-order valence-electron chi connectivity index (χ4n) is 2.96. The van der Waals surface area contributed by atoms with Crippen molar-refractivity contribution in [1.82, 2.24) is 0 Å². The molecule has 0 saturated carbocycles. The average Bonchev–Trinajstić information content (AvgIpc) is 3.02. The molecule has 1 aromatic heterocycles. The number of fused-ring (bicyclic) bond motifs is 1. The first-order chi connectivity index (χ1) is 10.7. The molecule has 0 saturated heterocycles. The van der Waals surface area contributed by atoms with Crippen molar-refractivity contribution in [2.75, 3.05) is 11.9 Å². The summed E-state index contributed by atoms with van der Waals surface area (Å²) in [6, 6.07) is 15.2. The Labute approximate surface area is 132 Å². The van der Waals surface area contributed by atoms with Crippen molar-refractivity contribution in [1.29, 1.82) is 0 Å². The Bertz CT molecular complexity index is 772. The molecule has 0 amide bonds. The molecule has 0 fully saturated rings. The second kappa shape index (κ2) is 6.27. The van der Waals surface area contributed by atoms with Crippen LogP contribution in [0.3, 0.4) is 0 Å². The van der Waals surface area contributed by atoms with E-state index in [4.69, 9.17) is 4.42 Å². The fraction of sp³-hybridized carbons (Fsp3) is 0.300. The van der Waals surface area contributed by atoms with Gasteiger partial charge in [-0.25, -0.2) is 0 Å². The van der Waals surface area contributed by atoms with Crippen molar-refractivity contribution in [2.24, 2.45) is 0 Å². The van der Waals surface area contributed by atoms with E-state index in [9.17, 15) is 0 Å². The lowest BCUT2D eigenvalue weighted by Gasteiger charge is -2.21. The third kappa shape index (κ3) is 2.74. The lowest BCUT2D eigenvalue weighted by atomic mass is 10.00. The molecule has 0 aliphatic carbocycles. The molecule has 0 bridgehead atoms. The van der Waals surface area contributed by atoms with Crippen LogP contribution in [0, 0.1) is 0 Å². The lowest BCUT2D eigenvalue weighted by Crippen LogP contribution is -2.10. The number of aryl methyl sites for hydroxylation is 2. The molecule has 2 aromatic carbocycles. The van der Waals surface area contributed by atoms with Crippen LogP contribution in [0.15, 0.2) is 53.1 Å². The predicted molar refractivity (Wildman–Crippen MR) is 94.1 cm³/mol. The number of furan rings is 1. The van der Waals surface area contributed by atoms with Gasteiger partial charge in [-0.15, -0.1) is 0 Å². The van der Waals surface area contributed by atoms with Crippen molar-refractivity contribution in [2.45, 2.75) is 33.1 Å². The molecule has 3 rings (SSSR count). The summed E-state index contributed by atoms with van der Waals surface area (Å²) >= 11 is 0. The van der Waals surface area contributed by atoms with Crippen LogP contribution >= 0.6 is 0 Å². The van der Waals surface area contributed by atoms with E-state index in [0.717, 1.165) is 29.5 Å². The molecule has 0 unspecified atom stereocenters. The van der Waals surface area contributed by atoms with Gasteiger partial charge in [-0.2, -0.15) is 0 Å². The van der Waals surface area contributed by atoms with Crippen molar-refractivity contribution in [3.63, 3.8) is 0 Å². The standard InChI is InChI=1S/C20H23NO/c1-4-6-16-7-9-18(13-15(16)5-2)21(3)19-10-8-17-11-12-22-20(17)14-19/h7-14H,4-6H2,1-3H3. The summed E-state index contributed by atoms with van der Waals surface area (Å²) in [4.78, 5) is 2.22. The Balaban J connectivity index is 1.95. The van der Waals surface area contributed by atoms with Gasteiger partial charge in [0.05, 0.1) is 6.26 Å². The van der Waals surface area contributed by atoms with Gasteiger partial charge in [-0.05, 0) is 54.3 Å². The number of hydrogen-bond donors (Lipinski definition) is 0. The summed E-state index contributed by atoms with van der Waals surface area (Å²) in [6.45, 7) is 4.46. The van der Waals surface area contributed by atoms with E-state index in [1.54, 1.807) is 6.26 Å². The minimum atomic E-state index is 0.933. The topological polar surface area (TPSA) is 16.4 Å². The first-order valence-electron chi connectivity index (χ1n) is 8.05. The van der Waals surface area contributed by atoms with E-state index < -0.39 is 0 Å². The van der Waals surface area contributed by atoms with Crippen molar-refractivity contribution in [3.05, 3.63) is 59.9 Å². The van der Waals surface area contributed by atoms with E-state index >= 15 is 0 Å². The summed E-state index contributed by atoms with van der Waals surface area (Å²) < 4.78 is 5.51. The largest absolute Gasteiger partial charge is 0.464 e. The minimum absolute atomic E-state index is 0.933. The number of anilines is 2. The maximum atomic E-state index is 5.51. The van der Waals surface area contributed by atoms with Gasteiger partial charge in [0.15, 0.2) is 0 Å². The average molecular weight is 293 g/mol. The second-order valence-electron chi connectivity index (χ2n) is 5.76. The van der Waals surface area contributed by atoms with Gasteiger partial charge >= 0.3 is 0 Å². The Morgan fingerprint density at radius 3 is 2.45 bits per heavy atom. The van der Waals surface area contributed by atoms with Gasteiger partial charge in [0.1, 0.15) is 5.58 Å². The number of hydrogen-bond acceptors (Lipinski definition) is 2. The number of benzene rings is 2. The van der Waals surface area contributed by atoms with E-state index in [0.29, 0.717) is 0 Å². The van der Waals surface area contributed by atoms with Gasteiger partial charge < -0.3 is 9.32 Å². The van der Waals surface area contributed by atoms with Crippen molar-refractivity contribution < 1.29 is 4.42 Å². The second-order valence-corrected chi connectivity index (χ2v) is 5.76. The van der Waals surface area contributed by atoms with E-state index in [2.05, 4.69) is 62.2 Å². The third-order valence-electron chi connectivity index (χ3n) is 4.30. The molecule has 0 aliphatic rings. The highest BCUT2D eigenvalue weighted by molar-refractivity contribution is 5.82. The molecule has 0 aliphatic heterocycles. The molecule has 2 heteroatoms. The van der Waals surface area contributed by atoms with Crippen LogP contribution in [0.2, 0.25) is 0 Å². The van der Waals surface area contributed by atoms with Crippen molar-refractivity contribution in [3.8, 4) is 0 Å². The zero-order valence-electron chi connectivity index (χ0n) is 13.6. The quantitative estimate of drug-likeness (QED) is 0.598. The van der Waals surface area contributed by atoms with Crippen LogP contribution in [0.5, 0.6) is 0 Å². The van der Waals surface area contributed by atoms with E-state index in [1.165, 1.54) is 23.2 Å². The summed E-state index contributed by atoms with van der Waals surface area (Å²) in [5, 5.41) is 1.14. The fourth-order valence-corrected chi connectivity index (χ4v) is 2.96. The molecule has 0 N–H and O–H groups in total. The van der Waals surface area contributed by atoms with Crippen LogP contribution in [-0.2, 0) is 12.8 Å². The SMILES string of the molecule is CCCc1ccc(N(C)c2ccc3ccoc3c2)cc1CC. The number of nitrogens with zero attached hydrogens (tertiary/aromatic N) is 1. The van der Waals surface area contributed by atoms with Gasteiger partial charge in [0.25, 0.3) is 0 Å². The zero-order valence-corrected chi connectivity index (χ0v) is 13.6. The van der Waals surface area contributed by atoms with E-state index in [-0.39, 0.29) is 0 Å². The van der Waals surface area contributed by atoms with Gasteiger partial charge in [0, 0.05) is 29.9 Å². The van der Waals surface area contributed by atoms with Crippen LogP contribution in [0.1, 0.15) is 31.4 Å². The highest BCUT2D eigenvalue weighted by atomic mass is 16.3. The first kappa shape index (κ1) is 14.7. The molecule has 1 heterocycles. The van der Waals surface area contributed by atoms with Gasteiger partial charge in [0.2, 0.25) is 0 Å². The molecular formula is C20H23NO. The number of rotatable bonds is 5. The molecule has 22 heavy (non-hydrogen) atoms. The molecule has 0 spiro atoms. The summed E-state index contributed by atoms with van der Waals surface area (Å²) in [6.07, 6.45) is 5.17. The maximum absolute atomic E-state index is 5.51. The summed E-state index contributed by atoms with van der Waals surface area (Å²) in [5.41, 5.74) is 6.23. The predicted octanol–water partition coefficient (Wildman–Crippen LogP) is 5.72. The zero-order chi connectivity index (χ0) is 15.5. The Morgan fingerprint density at radius 1 is 0.909 bits per heavy atom. The van der Waals surface area contributed by atoms with Gasteiger partial charge in [-0.1, -0.05) is 26.3 Å². The molecule has 0 atom stereocenters. The first-order valence-corrected chi connectivity index (χ1v) is 8.05. The monoisotopic (exact) mass is 293 g/mol. The molecular weight excluding hydrogens is 270 g/mol. The molecule has 0 radical (unpaired) electrons. The highest BCUT2D eigenvalue weighted by Gasteiger charge is 2.09. The van der Waals surface area contributed by atoms with Crippen LogP contribution < -0.4 is 4.90 Å². The van der Waals surface area contributed by atoms with Crippen LogP contribution in [0.25, 0.3) is 11.0 Å². The van der Waals surface area contributed by atoms with Gasteiger partial charge in [-0.3, -0.25) is 0 Å². The molecule has 2 nitrogen and oxygen atoms in total. The van der Waals surface area contributed by atoms with Crippen molar-refractivity contribution >= 4 is 22.3 Å². The van der Waals surface area contributed by atoms with Crippen LogP contribution in [0.4, 0.5) is 11.4 Å². The normalized spacial score (nSPS) is 11.0. The molecule has 3 aromatic rings. The maximum Gasteiger partial charge on any atom is 0.135 e. The Morgan fingerprint density at radius 2 is 1.68 bits per heavy atom. The third-order valence-corrected chi connectivity index (χ3v) is 4.30. The lowest BCUT2D eigenvalue weighted by molar-refractivity contribution is 0.616. The highest BCUT2D eigenvalue weighted by Crippen LogP contribution is 2.29. The van der Waals surface area contributed by atoms with E-state index in [1.807, 2.05) is 6.07 Å². The Kier molecular flexibility index (Phi) is 4.19. The molecule has 114 valence electrons. The minimum Gasteiger partial charge on any atom is -0.464 e. The van der Waals surface area contributed by atoms with Crippen LogP contribution in [-0.4, -0.2) is 7.05 Å². The summed E-state index contributed by atoms with van der Waals surface area (Å²) in [7, 11) is 2.11. The Hall–Kier alpha value is -2.22.